The fourth-order valence-electron chi connectivity index (χ4n) is 3.07. The number of anilines is 3. The zero-order valence-electron chi connectivity index (χ0n) is 16.4. The summed E-state index contributed by atoms with van der Waals surface area (Å²) in [4.78, 5) is 9.11. The highest BCUT2D eigenvalue weighted by atomic mass is 16.5. The Bertz CT molecular complexity index is 1120. The van der Waals surface area contributed by atoms with Gasteiger partial charge in [-0.15, -0.1) is 0 Å². The number of nitrogens with one attached hydrogen (secondary N) is 2. The minimum atomic E-state index is 0.501. The molecular formula is C21H23N7O. The number of benzene rings is 2. The second-order valence-corrected chi connectivity index (χ2v) is 6.55. The van der Waals surface area contributed by atoms with Gasteiger partial charge < -0.3 is 21.1 Å². The largest absolute Gasteiger partial charge is 0.497 e. The molecule has 0 saturated heterocycles. The monoisotopic (exact) mass is 389 g/mol. The molecule has 2 aromatic heterocycles. The van der Waals surface area contributed by atoms with Crippen LogP contribution in [0.3, 0.4) is 0 Å². The van der Waals surface area contributed by atoms with Crippen LogP contribution in [-0.2, 0) is 7.05 Å². The molecule has 0 fully saturated rings. The van der Waals surface area contributed by atoms with Gasteiger partial charge in [-0.25, -0.2) is 0 Å². The average molecular weight is 389 g/mol. The molecule has 0 unspecified atom stereocenters. The first kappa shape index (κ1) is 18.7. The van der Waals surface area contributed by atoms with Crippen molar-refractivity contribution in [1.82, 2.24) is 19.7 Å². The van der Waals surface area contributed by atoms with E-state index in [1.54, 1.807) is 18.0 Å². The average Bonchev–Trinajstić information content (AvgIpc) is 3.14. The van der Waals surface area contributed by atoms with Crippen molar-refractivity contribution in [3.05, 3.63) is 54.7 Å². The molecule has 0 aliphatic carbocycles. The van der Waals surface area contributed by atoms with Crippen molar-refractivity contribution < 1.29 is 4.74 Å². The van der Waals surface area contributed by atoms with E-state index in [0.717, 1.165) is 33.6 Å². The Morgan fingerprint density at radius 1 is 1.07 bits per heavy atom. The Kier molecular flexibility index (Phi) is 5.26. The second-order valence-electron chi connectivity index (χ2n) is 6.55. The van der Waals surface area contributed by atoms with Gasteiger partial charge in [0.25, 0.3) is 0 Å². The smallest absolute Gasteiger partial charge is 0.226 e. The van der Waals surface area contributed by atoms with E-state index < -0.39 is 0 Å². The number of rotatable bonds is 7. The van der Waals surface area contributed by atoms with Crippen LogP contribution < -0.4 is 21.1 Å². The summed E-state index contributed by atoms with van der Waals surface area (Å²) in [5.41, 5.74) is 9.45. The molecule has 29 heavy (non-hydrogen) atoms. The van der Waals surface area contributed by atoms with Gasteiger partial charge in [-0.05, 0) is 35.4 Å². The lowest BCUT2D eigenvalue weighted by Gasteiger charge is -2.11. The zero-order chi connectivity index (χ0) is 20.2. The summed E-state index contributed by atoms with van der Waals surface area (Å²) in [7, 11) is 3.53. The molecule has 0 aliphatic heterocycles. The summed E-state index contributed by atoms with van der Waals surface area (Å²) >= 11 is 0. The minimum Gasteiger partial charge on any atom is -0.497 e. The van der Waals surface area contributed by atoms with Crippen LogP contribution in [0, 0.1) is 0 Å². The Balaban J connectivity index is 1.62. The predicted molar refractivity (Wildman–Crippen MR) is 116 cm³/mol. The predicted octanol–water partition coefficient (Wildman–Crippen LogP) is 3.15. The first-order valence-electron chi connectivity index (χ1n) is 9.33. The van der Waals surface area contributed by atoms with Crippen LogP contribution in [0.4, 0.5) is 17.5 Å². The number of fused-ring (bicyclic) bond motifs is 1. The van der Waals surface area contributed by atoms with E-state index in [-0.39, 0.29) is 0 Å². The molecule has 2 heterocycles. The number of hydrogen-bond donors (Lipinski definition) is 3. The number of methoxy groups -OCH3 is 1. The molecule has 0 radical (unpaired) electrons. The van der Waals surface area contributed by atoms with E-state index in [1.807, 2.05) is 37.4 Å². The molecule has 0 amide bonds. The molecule has 0 saturated carbocycles. The van der Waals surface area contributed by atoms with Gasteiger partial charge in [-0.1, -0.05) is 24.3 Å². The Morgan fingerprint density at radius 2 is 1.90 bits per heavy atom. The van der Waals surface area contributed by atoms with Gasteiger partial charge in [-0.3, -0.25) is 4.68 Å². The fraction of sp³-hybridized carbons (Fsp3) is 0.190. The SMILES string of the molecule is COc1cccc(-c2ccc(Nc3nc(NCCN)nc4c3cnn4C)cc2)c1. The van der Waals surface area contributed by atoms with Crippen molar-refractivity contribution in [1.29, 1.82) is 0 Å². The third kappa shape index (κ3) is 3.97. The maximum atomic E-state index is 5.58. The molecule has 4 rings (SSSR count). The van der Waals surface area contributed by atoms with Gasteiger partial charge in [0.1, 0.15) is 11.6 Å². The fourth-order valence-corrected chi connectivity index (χ4v) is 3.07. The van der Waals surface area contributed by atoms with Crippen LogP contribution in [-0.4, -0.2) is 39.9 Å². The number of ether oxygens (including phenoxy) is 1. The number of aromatic nitrogens is 4. The van der Waals surface area contributed by atoms with Crippen molar-refractivity contribution in [2.45, 2.75) is 0 Å². The summed E-state index contributed by atoms with van der Waals surface area (Å²) in [5, 5.41) is 11.7. The lowest BCUT2D eigenvalue weighted by Crippen LogP contribution is -2.15. The molecular weight excluding hydrogens is 366 g/mol. The maximum Gasteiger partial charge on any atom is 0.226 e. The third-order valence-electron chi connectivity index (χ3n) is 4.57. The Hall–Kier alpha value is -3.65. The normalized spacial score (nSPS) is 10.9. The highest BCUT2D eigenvalue weighted by molar-refractivity contribution is 5.89. The molecule has 0 spiro atoms. The topological polar surface area (TPSA) is 103 Å². The van der Waals surface area contributed by atoms with E-state index in [2.05, 4.69) is 43.9 Å². The van der Waals surface area contributed by atoms with Crippen LogP contribution in [0.2, 0.25) is 0 Å². The highest BCUT2D eigenvalue weighted by Crippen LogP contribution is 2.28. The van der Waals surface area contributed by atoms with Crippen LogP contribution in [0.5, 0.6) is 5.75 Å². The molecule has 2 aromatic carbocycles. The van der Waals surface area contributed by atoms with Gasteiger partial charge >= 0.3 is 0 Å². The van der Waals surface area contributed by atoms with E-state index in [0.29, 0.717) is 24.9 Å². The molecule has 4 aromatic rings. The van der Waals surface area contributed by atoms with Gasteiger partial charge in [0.2, 0.25) is 5.95 Å². The zero-order valence-corrected chi connectivity index (χ0v) is 16.4. The summed E-state index contributed by atoms with van der Waals surface area (Å²) in [6.45, 7) is 1.10. The maximum absolute atomic E-state index is 5.58. The number of aryl methyl sites for hydroxylation is 1. The Morgan fingerprint density at radius 3 is 2.66 bits per heavy atom. The quantitative estimate of drug-likeness (QED) is 0.446. The first-order valence-corrected chi connectivity index (χ1v) is 9.33. The number of hydrogen-bond acceptors (Lipinski definition) is 7. The molecule has 8 nitrogen and oxygen atoms in total. The first-order chi connectivity index (χ1) is 14.2. The van der Waals surface area contributed by atoms with E-state index in [9.17, 15) is 0 Å². The van der Waals surface area contributed by atoms with E-state index >= 15 is 0 Å². The summed E-state index contributed by atoms with van der Waals surface area (Å²) in [5.74, 6) is 2.04. The summed E-state index contributed by atoms with van der Waals surface area (Å²) < 4.78 is 7.04. The van der Waals surface area contributed by atoms with Crippen LogP contribution in [0.15, 0.2) is 54.7 Å². The third-order valence-corrected chi connectivity index (χ3v) is 4.57. The highest BCUT2D eigenvalue weighted by Gasteiger charge is 2.12. The van der Waals surface area contributed by atoms with Gasteiger partial charge in [0.05, 0.1) is 18.7 Å². The van der Waals surface area contributed by atoms with Crippen molar-refractivity contribution in [3.63, 3.8) is 0 Å². The minimum absolute atomic E-state index is 0.501. The summed E-state index contributed by atoms with van der Waals surface area (Å²) in [6, 6.07) is 16.2. The van der Waals surface area contributed by atoms with Crippen molar-refractivity contribution in [2.75, 3.05) is 30.8 Å². The van der Waals surface area contributed by atoms with Gasteiger partial charge in [0, 0.05) is 25.8 Å². The van der Waals surface area contributed by atoms with Crippen molar-refractivity contribution in [3.8, 4) is 16.9 Å². The van der Waals surface area contributed by atoms with E-state index in [4.69, 9.17) is 10.5 Å². The lowest BCUT2D eigenvalue weighted by atomic mass is 10.1. The van der Waals surface area contributed by atoms with Crippen molar-refractivity contribution in [2.24, 2.45) is 12.8 Å². The molecule has 0 atom stereocenters. The van der Waals surface area contributed by atoms with Gasteiger partial charge in [-0.2, -0.15) is 15.1 Å². The molecule has 4 N–H and O–H groups in total. The second kappa shape index (κ2) is 8.15. The van der Waals surface area contributed by atoms with Crippen LogP contribution in [0.1, 0.15) is 0 Å². The van der Waals surface area contributed by atoms with Gasteiger partial charge in [0.15, 0.2) is 5.65 Å². The lowest BCUT2D eigenvalue weighted by molar-refractivity contribution is 0.415. The molecule has 0 aliphatic rings. The standard InChI is InChI=1S/C21H23N7O/c1-28-20-18(13-24-28)19(26-21(27-20)23-11-10-22)25-16-8-6-14(7-9-16)15-4-3-5-17(12-15)29-2/h3-9,12-13H,10-11,22H2,1-2H3,(H2,23,25,26,27). The number of nitrogens with zero attached hydrogens (tertiary/aromatic N) is 4. The Labute approximate surface area is 168 Å². The van der Waals surface area contributed by atoms with Crippen LogP contribution >= 0.6 is 0 Å². The summed E-state index contributed by atoms with van der Waals surface area (Å²) in [6.07, 6.45) is 1.76. The van der Waals surface area contributed by atoms with Crippen LogP contribution in [0.25, 0.3) is 22.2 Å². The molecule has 8 heteroatoms. The number of nitrogens with two attached hydrogens (primary N) is 1. The molecule has 0 bridgehead atoms. The van der Waals surface area contributed by atoms with Crippen molar-refractivity contribution >= 4 is 28.5 Å². The molecule has 148 valence electrons. The van der Waals surface area contributed by atoms with E-state index in [1.165, 1.54) is 0 Å².